The van der Waals surface area contributed by atoms with Gasteiger partial charge in [0.15, 0.2) is 5.69 Å². The van der Waals surface area contributed by atoms with Crippen molar-refractivity contribution in [3.05, 3.63) is 69.9 Å². The van der Waals surface area contributed by atoms with Crippen molar-refractivity contribution in [1.82, 2.24) is 29.9 Å². The average Bonchev–Trinajstić information content (AvgIpc) is 3.42. The van der Waals surface area contributed by atoms with Crippen LogP contribution >= 0.6 is 0 Å². The summed E-state index contributed by atoms with van der Waals surface area (Å²) in [6.07, 6.45) is 3.46. The van der Waals surface area contributed by atoms with Crippen LogP contribution in [0.1, 0.15) is 66.6 Å². The maximum atomic E-state index is 14.6. The molecule has 10 nitrogen and oxygen atoms in total. The van der Waals surface area contributed by atoms with E-state index in [1.165, 1.54) is 24.7 Å². The number of nitrogens with one attached hydrogen (secondary N) is 2. The number of halogens is 5. The van der Waals surface area contributed by atoms with Gasteiger partial charge in [0.05, 0.1) is 24.0 Å². The Morgan fingerprint density at radius 3 is 2.64 bits per heavy atom. The molecule has 1 atom stereocenters. The lowest BCUT2D eigenvalue weighted by Gasteiger charge is -2.20. The highest BCUT2D eigenvalue weighted by Gasteiger charge is 2.31. The molecule has 0 spiro atoms. The Morgan fingerprint density at radius 1 is 1.14 bits per heavy atom. The van der Waals surface area contributed by atoms with E-state index in [1.54, 1.807) is 0 Å². The van der Waals surface area contributed by atoms with Gasteiger partial charge in [-0.15, -0.1) is 5.10 Å². The highest BCUT2D eigenvalue weighted by molar-refractivity contribution is 5.92. The summed E-state index contributed by atoms with van der Waals surface area (Å²) in [6.45, 7) is -0.715. The van der Waals surface area contributed by atoms with E-state index >= 15 is 0 Å². The Kier molecular flexibility index (Phi) is 10.0. The Hall–Kier alpha value is -4.17. The average molecular weight is 596 g/mol. The third-order valence-corrected chi connectivity index (χ3v) is 6.99. The number of anilines is 1. The predicted octanol–water partition coefficient (Wildman–Crippen LogP) is 4.26. The summed E-state index contributed by atoms with van der Waals surface area (Å²) in [7, 11) is 0. The van der Waals surface area contributed by atoms with Gasteiger partial charge in [0.25, 0.3) is 11.5 Å². The number of nitrogens with zero attached hydrogens (tertiary/aromatic N) is 5. The van der Waals surface area contributed by atoms with Crippen LogP contribution < -0.4 is 16.2 Å². The molecule has 1 saturated carbocycles. The number of hydrogen-bond acceptors (Lipinski definition) is 6. The van der Waals surface area contributed by atoms with Crippen LogP contribution in [0.25, 0.3) is 0 Å². The van der Waals surface area contributed by atoms with E-state index < -0.39 is 35.2 Å². The molecule has 3 aromatic rings. The summed E-state index contributed by atoms with van der Waals surface area (Å²) in [4.78, 5) is 40.5. The molecule has 4 rings (SSSR count). The normalized spacial score (nSPS) is 14.9. The quantitative estimate of drug-likeness (QED) is 0.320. The highest BCUT2D eigenvalue weighted by atomic mass is 19.4. The molecule has 1 aliphatic carbocycles. The Balaban J connectivity index is 1.25. The van der Waals surface area contributed by atoms with Crippen molar-refractivity contribution < 1.29 is 31.5 Å². The van der Waals surface area contributed by atoms with Gasteiger partial charge in [-0.25, -0.2) is 9.07 Å². The van der Waals surface area contributed by atoms with E-state index in [9.17, 15) is 36.3 Å². The van der Waals surface area contributed by atoms with E-state index in [-0.39, 0.29) is 61.2 Å². The lowest BCUT2D eigenvalue weighted by Crippen LogP contribution is -2.27. The van der Waals surface area contributed by atoms with Gasteiger partial charge in [-0.3, -0.25) is 19.4 Å². The molecule has 2 amide bonds. The number of hydrogen-bond donors (Lipinski definition) is 2. The summed E-state index contributed by atoms with van der Waals surface area (Å²) in [5.74, 6) is -1.96. The van der Waals surface area contributed by atoms with Crippen LogP contribution in [0.3, 0.4) is 0 Å². The first-order valence-corrected chi connectivity index (χ1v) is 13.5. The van der Waals surface area contributed by atoms with Crippen LogP contribution in [0.5, 0.6) is 0 Å². The number of aryl methyl sites for hydroxylation is 1. The van der Waals surface area contributed by atoms with Crippen molar-refractivity contribution in [2.75, 3.05) is 5.32 Å². The van der Waals surface area contributed by atoms with Gasteiger partial charge >= 0.3 is 6.18 Å². The highest BCUT2D eigenvalue weighted by Crippen LogP contribution is 2.29. The molecule has 1 aliphatic rings. The maximum absolute atomic E-state index is 14.6. The van der Waals surface area contributed by atoms with Crippen molar-refractivity contribution in [2.24, 2.45) is 5.92 Å². The smallest absolute Gasteiger partial charge is 0.346 e. The van der Waals surface area contributed by atoms with Gasteiger partial charge in [-0.2, -0.15) is 17.6 Å². The Morgan fingerprint density at radius 2 is 1.90 bits per heavy atom. The number of rotatable bonds is 11. The summed E-state index contributed by atoms with van der Waals surface area (Å²) < 4.78 is 69.8. The lowest BCUT2D eigenvalue weighted by molar-refractivity contribution is -0.137. The van der Waals surface area contributed by atoms with Crippen LogP contribution in [0.15, 0.2) is 41.7 Å². The third-order valence-electron chi connectivity index (χ3n) is 6.99. The number of alkyl halides is 4. The molecule has 42 heavy (non-hydrogen) atoms. The maximum Gasteiger partial charge on any atom is 0.417 e. The van der Waals surface area contributed by atoms with Gasteiger partial charge in [-0.1, -0.05) is 24.5 Å². The van der Waals surface area contributed by atoms with Crippen LogP contribution in [-0.4, -0.2) is 42.5 Å². The summed E-state index contributed by atoms with van der Waals surface area (Å²) in [5.41, 5.74) is -2.22. The molecule has 15 heteroatoms. The molecule has 0 aliphatic heterocycles. The zero-order valence-corrected chi connectivity index (χ0v) is 22.5. The topological polar surface area (TPSA) is 124 Å². The molecular weight excluding hydrogens is 565 g/mol. The van der Waals surface area contributed by atoms with E-state index in [0.717, 1.165) is 47.4 Å². The summed E-state index contributed by atoms with van der Waals surface area (Å²) >= 11 is 0. The van der Waals surface area contributed by atoms with Gasteiger partial charge in [0.2, 0.25) is 11.7 Å². The van der Waals surface area contributed by atoms with E-state index in [1.807, 2.05) is 0 Å². The molecule has 2 N–H and O–H groups in total. The number of amides is 2. The van der Waals surface area contributed by atoms with Crippen LogP contribution in [0.2, 0.25) is 0 Å². The molecule has 1 fully saturated rings. The summed E-state index contributed by atoms with van der Waals surface area (Å²) in [5, 5.41) is 12.2. The number of carbonyl (C=O) groups is 2. The van der Waals surface area contributed by atoms with Gasteiger partial charge in [-0.05, 0) is 42.9 Å². The Bertz CT molecular complexity index is 1450. The van der Waals surface area contributed by atoms with Crippen molar-refractivity contribution >= 4 is 17.5 Å². The van der Waals surface area contributed by atoms with Gasteiger partial charge in [0, 0.05) is 38.1 Å². The van der Waals surface area contributed by atoms with E-state index in [0.29, 0.717) is 6.20 Å². The van der Waals surface area contributed by atoms with E-state index in [2.05, 4.69) is 25.9 Å². The minimum atomic E-state index is -4.57. The zero-order valence-electron chi connectivity index (χ0n) is 22.5. The fourth-order valence-electron chi connectivity index (χ4n) is 4.75. The lowest BCUT2D eigenvalue weighted by atomic mass is 9.87. The summed E-state index contributed by atoms with van der Waals surface area (Å²) in [6, 6.07) is 2.12. The van der Waals surface area contributed by atoms with Crippen molar-refractivity contribution in [3.63, 3.8) is 0 Å². The molecule has 226 valence electrons. The molecule has 3 heterocycles. The number of pyridine rings is 2. The largest absolute Gasteiger partial charge is 0.417 e. The van der Waals surface area contributed by atoms with Crippen molar-refractivity contribution in [2.45, 2.75) is 76.9 Å². The first-order chi connectivity index (χ1) is 20.0. The predicted molar refractivity (Wildman–Crippen MR) is 140 cm³/mol. The van der Waals surface area contributed by atoms with Gasteiger partial charge in [0.1, 0.15) is 6.17 Å². The van der Waals surface area contributed by atoms with Crippen LogP contribution in [0.4, 0.5) is 27.6 Å². The first kappa shape index (κ1) is 30.8. The molecule has 1 unspecified atom stereocenters. The number of aromatic nitrogens is 5. The molecular formula is C27H30F5N7O3. The fraction of sp³-hybridized carbons (Fsp3) is 0.481. The third kappa shape index (κ3) is 8.42. The minimum Gasteiger partial charge on any atom is -0.346 e. The van der Waals surface area contributed by atoms with Crippen molar-refractivity contribution in [1.29, 1.82) is 0 Å². The fourth-order valence-corrected chi connectivity index (χ4v) is 4.75. The van der Waals surface area contributed by atoms with Crippen LogP contribution in [0, 0.1) is 11.7 Å². The molecule has 0 saturated heterocycles. The second-order valence-electron chi connectivity index (χ2n) is 10.3. The van der Waals surface area contributed by atoms with Gasteiger partial charge < -0.3 is 15.2 Å². The minimum absolute atomic E-state index is 0.121. The van der Waals surface area contributed by atoms with Crippen molar-refractivity contribution in [3.8, 4) is 0 Å². The standard InChI is InChI=1S/C27H30F5N7O3/c28-20(6-8-38-9-7-21(24(29)26(38)42)35-23(40)11-17-4-2-1-3-5-17)15-39-16-22(36-37-39)25(41)34-13-18-10-19(14-33-12-18)27(30,31)32/h7,9-10,12,14,16-17,20H,1-6,8,11,13,15H2,(H,34,41)(H,35,40). The SMILES string of the molecule is O=C(CC1CCCCC1)Nc1ccn(CCC(F)Cn2cc(C(=O)NCc3cncc(C(F)(F)F)c3)nn2)c(=O)c1F. The molecule has 0 bridgehead atoms. The zero-order chi connectivity index (χ0) is 30.3. The second-order valence-corrected chi connectivity index (χ2v) is 10.3. The Labute approximate surface area is 237 Å². The monoisotopic (exact) mass is 595 g/mol. The second kappa shape index (κ2) is 13.7. The molecule has 0 radical (unpaired) electrons. The molecule has 0 aromatic carbocycles. The number of carbonyl (C=O) groups excluding carboxylic acids is 2. The van der Waals surface area contributed by atoms with Crippen LogP contribution in [-0.2, 0) is 30.6 Å². The first-order valence-electron chi connectivity index (χ1n) is 13.5. The molecule has 3 aromatic heterocycles. The van der Waals surface area contributed by atoms with E-state index in [4.69, 9.17) is 0 Å².